The first-order valence-corrected chi connectivity index (χ1v) is 5.15. The Kier molecular flexibility index (Phi) is 2.89. The fraction of sp³-hybridized carbons (Fsp3) is 1.00. The number of rotatable bonds is 2. The molecule has 0 N–H and O–H groups in total. The molecule has 1 heterocycles. The summed E-state index contributed by atoms with van der Waals surface area (Å²) in [5.41, 5.74) is 0. The smallest absolute Gasteiger partial charge is 0.0622 e. The Morgan fingerprint density at radius 1 is 1.08 bits per heavy atom. The third-order valence-electron chi connectivity index (χ3n) is 2.59. The van der Waals surface area contributed by atoms with Crippen molar-refractivity contribution >= 4 is 11.6 Å². The van der Waals surface area contributed by atoms with Gasteiger partial charge in [-0.1, -0.05) is 0 Å². The highest BCUT2D eigenvalue weighted by molar-refractivity contribution is 6.21. The summed E-state index contributed by atoms with van der Waals surface area (Å²) in [4.78, 5) is 0. The normalized spacial score (nSPS) is 37.8. The van der Waals surface area contributed by atoms with E-state index in [1.54, 1.807) is 0 Å². The molecule has 0 bridgehead atoms. The largest absolute Gasteiger partial charge is 0.381 e. The first-order chi connectivity index (χ1) is 5.84. The van der Waals surface area contributed by atoms with Gasteiger partial charge in [-0.05, 0) is 25.7 Å². The molecule has 70 valence electrons. The fourth-order valence-corrected chi connectivity index (χ4v) is 2.09. The van der Waals surface area contributed by atoms with Crippen LogP contribution in [0.1, 0.15) is 25.7 Å². The third-order valence-corrected chi connectivity index (χ3v) is 2.95. The van der Waals surface area contributed by atoms with E-state index < -0.39 is 0 Å². The van der Waals surface area contributed by atoms with Crippen LogP contribution in [-0.4, -0.2) is 30.8 Å². The molecule has 0 aromatic heterocycles. The van der Waals surface area contributed by atoms with Gasteiger partial charge in [0, 0.05) is 18.6 Å². The second-order valence-electron chi connectivity index (χ2n) is 3.64. The third kappa shape index (κ3) is 2.12. The minimum Gasteiger partial charge on any atom is -0.381 e. The lowest BCUT2D eigenvalue weighted by Crippen LogP contribution is -2.37. The van der Waals surface area contributed by atoms with Crippen LogP contribution in [0.4, 0.5) is 0 Å². The van der Waals surface area contributed by atoms with E-state index in [0.717, 1.165) is 38.9 Å². The first-order valence-electron chi connectivity index (χ1n) is 4.72. The van der Waals surface area contributed by atoms with Crippen molar-refractivity contribution < 1.29 is 9.47 Å². The van der Waals surface area contributed by atoms with Crippen molar-refractivity contribution in [1.29, 1.82) is 0 Å². The second-order valence-corrected chi connectivity index (χ2v) is 4.26. The summed E-state index contributed by atoms with van der Waals surface area (Å²) in [5, 5.41) is 0.370. The monoisotopic (exact) mass is 190 g/mol. The molecule has 0 spiro atoms. The van der Waals surface area contributed by atoms with Crippen LogP contribution in [-0.2, 0) is 9.47 Å². The maximum Gasteiger partial charge on any atom is 0.0622 e. The van der Waals surface area contributed by atoms with Gasteiger partial charge in [0.2, 0.25) is 0 Å². The van der Waals surface area contributed by atoms with Gasteiger partial charge in [0.15, 0.2) is 0 Å². The van der Waals surface area contributed by atoms with Gasteiger partial charge >= 0.3 is 0 Å². The first kappa shape index (κ1) is 8.79. The summed E-state index contributed by atoms with van der Waals surface area (Å²) in [6.45, 7) is 1.73. The van der Waals surface area contributed by atoms with Gasteiger partial charge in [-0.3, -0.25) is 0 Å². The van der Waals surface area contributed by atoms with E-state index in [-0.39, 0.29) is 0 Å². The molecular weight excluding hydrogens is 176 g/mol. The molecule has 2 rings (SSSR count). The number of hydrogen-bond donors (Lipinski definition) is 0. The number of hydrogen-bond acceptors (Lipinski definition) is 2. The van der Waals surface area contributed by atoms with Crippen molar-refractivity contribution in [3.05, 3.63) is 0 Å². The zero-order valence-corrected chi connectivity index (χ0v) is 7.93. The predicted octanol–water partition coefficient (Wildman–Crippen LogP) is 1.95. The van der Waals surface area contributed by atoms with Crippen LogP contribution < -0.4 is 0 Å². The zero-order valence-electron chi connectivity index (χ0n) is 7.17. The molecule has 1 saturated heterocycles. The van der Waals surface area contributed by atoms with Crippen LogP contribution >= 0.6 is 11.6 Å². The highest BCUT2D eigenvalue weighted by atomic mass is 35.5. The highest BCUT2D eigenvalue weighted by Gasteiger charge is 2.30. The summed E-state index contributed by atoms with van der Waals surface area (Å²) >= 11 is 5.86. The Balaban J connectivity index is 1.65. The van der Waals surface area contributed by atoms with Crippen LogP contribution in [0.3, 0.4) is 0 Å². The summed E-state index contributed by atoms with van der Waals surface area (Å²) < 4.78 is 11.1. The molecule has 0 unspecified atom stereocenters. The number of ether oxygens (including phenoxy) is 2. The molecule has 2 fully saturated rings. The van der Waals surface area contributed by atoms with Gasteiger partial charge in [-0.25, -0.2) is 0 Å². The lowest BCUT2D eigenvalue weighted by Gasteiger charge is -2.35. The van der Waals surface area contributed by atoms with Crippen molar-refractivity contribution in [2.45, 2.75) is 43.3 Å². The quantitative estimate of drug-likeness (QED) is 0.620. The molecular formula is C9H15ClO2. The molecule has 0 amide bonds. The lowest BCUT2D eigenvalue weighted by molar-refractivity contribution is -0.0909. The Labute approximate surface area is 78.2 Å². The van der Waals surface area contributed by atoms with Gasteiger partial charge in [-0.2, -0.15) is 0 Å². The molecule has 0 aromatic carbocycles. The van der Waals surface area contributed by atoms with Gasteiger partial charge in [0.25, 0.3) is 0 Å². The average molecular weight is 191 g/mol. The standard InChI is InChI=1S/C9H15ClO2/c10-7-5-9(6-7)12-8-1-3-11-4-2-8/h7-9H,1-6H2. The van der Waals surface area contributed by atoms with Crippen LogP contribution in [0.15, 0.2) is 0 Å². The van der Waals surface area contributed by atoms with E-state index in [4.69, 9.17) is 21.1 Å². The zero-order chi connectivity index (χ0) is 8.39. The Morgan fingerprint density at radius 2 is 1.75 bits per heavy atom. The molecule has 12 heavy (non-hydrogen) atoms. The van der Waals surface area contributed by atoms with E-state index in [9.17, 15) is 0 Å². The molecule has 2 nitrogen and oxygen atoms in total. The van der Waals surface area contributed by atoms with Crippen LogP contribution in [0.25, 0.3) is 0 Å². The lowest BCUT2D eigenvalue weighted by atomic mass is 9.95. The Morgan fingerprint density at radius 3 is 2.33 bits per heavy atom. The minimum atomic E-state index is 0.370. The Bertz CT molecular complexity index is 139. The topological polar surface area (TPSA) is 18.5 Å². The molecule has 1 aliphatic heterocycles. The summed E-state index contributed by atoms with van der Waals surface area (Å²) in [6.07, 6.45) is 5.08. The predicted molar refractivity (Wildman–Crippen MR) is 47.6 cm³/mol. The SMILES string of the molecule is ClC1CC(OC2CCOCC2)C1. The molecule has 3 heteroatoms. The van der Waals surface area contributed by atoms with E-state index in [0.29, 0.717) is 17.6 Å². The van der Waals surface area contributed by atoms with Crippen LogP contribution in [0.2, 0.25) is 0 Å². The van der Waals surface area contributed by atoms with E-state index >= 15 is 0 Å². The van der Waals surface area contributed by atoms with Gasteiger partial charge in [0.05, 0.1) is 12.2 Å². The molecule has 1 saturated carbocycles. The van der Waals surface area contributed by atoms with Gasteiger partial charge in [0.1, 0.15) is 0 Å². The number of halogens is 1. The van der Waals surface area contributed by atoms with Crippen LogP contribution in [0.5, 0.6) is 0 Å². The molecule has 0 radical (unpaired) electrons. The average Bonchev–Trinajstić information content (AvgIpc) is 2.04. The van der Waals surface area contributed by atoms with Crippen molar-refractivity contribution in [3.8, 4) is 0 Å². The summed E-state index contributed by atoms with van der Waals surface area (Å²) in [5.74, 6) is 0. The molecule has 0 atom stereocenters. The second kappa shape index (κ2) is 3.95. The van der Waals surface area contributed by atoms with E-state index in [1.165, 1.54) is 0 Å². The van der Waals surface area contributed by atoms with E-state index in [1.807, 2.05) is 0 Å². The van der Waals surface area contributed by atoms with Crippen molar-refractivity contribution in [1.82, 2.24) is 0 Å². The van der Waals surface area contributed by atoms with Crippen LogP contribution in [0, 0.1) is 0 Å². The Hall–Kier alpha value is 0.210. The van der Waals surface area contributed by atoms with Crippen molar-refractivity contribution in [2.75, 3.05) is 13.2 Å². The van der Waals surface area contributed by atoms with Gasteiger partial charge < -0.3 is 9.47 Å². The van der Waals surface area contributed by atoms with Gasteiger partial charge in [-0.15, -0.1) is 11.6 Å². The van der Waals surface area contributed by atoms with Crippen molar-refractivity contribution in [2.24, 2.45) is 0 Å². The van der Waals surface area contributed by atoms with Crippen molar-refractivity contribution in [3.63, 3.8) is 0 Å². The molecule has 2 aliphatic rings. The van der Waals surface area contributed by atoms with E-state index in [2.05, 4.69) is 0 Å². The molecule has 1 aliphatic carbocycles. The maximum absolute atomic E-state index is 5.86. The highest BCUT2D eigenvalue weighted by Crippen LogP contribution is 2.30. The fourth-order valence-electron chi connectivity index (χ4n) is 1.70. The minimum absolute atomic E-state index is 0.370. The summed E-state index contributed by atoms with van der Waals surface area (Å²) in [6, 6.07) is 0. The maximum atomic E-state index is 5.86. The number of alkyl halides is 1. The molecule has 0 aromatic rings. The summed E-state index contributed by atoms with van der Waals surface area (Å²) in [7, 11) is 0.